The third-order valence-corrected chi connectivity index (χ3v) is 3.29. The summed E-state index contributed by atoms with van der Waals surface area (Å²) < 4.78 is 5.36. The minimum Gasteiger partial charge on any atom is -0.455 e. The Bertz CT molecular complexity index is 490. The summed E-state index contributed by atoms with van der Waals surface area (Å²) in [5.74, 6) is 0.745. The van der Waals surface area contributed by atoms with Crippen molar-refractivity contribution >= 4 is 11.9 Å². The van der Waals surface area contributed by atoms with Crippen LogP contribution in [0.3, 0.4) is 0 Å². The van der Waals surface area contributed by atoms with Gasteiger partial charge in [0, 0.05) is 40.3 Å². The molecule has 1 aromatic heterocycles. The molecule has 1 aromatic rings. The fraction of sp³-hybridized carbons (Fsp3) is 0.538. The van der Waals surface area contributed by atoms with Gasteiger partial charge in [0.15, 0.2) is 5.76 Å². The highest BCUT2D eigenvalue weighted by Gasteiger charge is 2.26. The maximum Gasteiger partial charge on any atom is 0.319 e. The van der Waals surface area contributed by atoms with Crippen molar-refractivity contribution in [2.24, 2.45) is 5.73 Å². The van der Waals surface area contributed by atoms with Crippen molar-refractivity contribution in [1.82, 2.24) is 14.7 Å². The van der Waals surface area contributed by atoms with Crippen molar-refractivity contribution in [2.45, 2.75) is 6.54 Å². The molecular weight excluding hydrogens is 260 g/mol. The van der Waals surface area contributed by atoms with Gasteiger partial charge in [0.25, 0.3) is 5.91 Å². The summed E-state index contributed by atoms with van der Waals surface area (Å²) >= 11 is 0. The van der Waals surface area contributed by atoms with Crippen molar-refractivity contribution in [1.29, 1.82) is 0 Å². The van der Waals surface area contributed by atoms with E-state index in [4.69, 9.17) is 10.2 Å². The third-order valence-electron chi connectivity index (χ3n) is 3.29. The first kappa shape index (κ1) is 14.4. The SMILES string of the molecule is CN(C)C(=O)N1CCN(C(=O)c2ccc(CN)o2)CC1. The highest BCUT2D eigenvalue weighted by Crippen LogP contribution is 2.12. The van der Waals surface area contributed by atoms with Crippen LogP contribution in [0.1, 0.15) is 16.3 Å². The number of hydrogen-bond acceptors (Lipinski definition) is 4. The van der Waals surface area contributed by atoms with E-state index >= 15 is 0 Å². The van der Waals surface area contributed by atoms with E-state index in [2.05, 4.69) is 0 Å². The molecule has 2 heterocycles. The number of piperazine rings is 1. The Kier molecular flexibility index (Phi) is 4.29. The predicted molar refractivity (Wildman–Crippen MR) is 73.2 cm³/mol. The van der Waals surface area contributed by atoms with Gasteiger partial charge < -0.3 is 24.9 Å². The first-order chi connectivity index (χ1) is 9.52. The first-order valence-corrected chi connectivity index (χ1v) is 6.57. The van der Waals surface area contributed by atoms with Gasteiger partial charge in [0.2, 0.25) is 0 Å². The van der Waals surface area contributed by atoms with Crippen LogP contribution in [0.15, 0.2) is 16.5 Å². The zero-order valence-corrected chi connectivity index (χ0v) is 11.8. The van der Waals surface area contributed by atoms with Crippen LogP contribution in [-0.2, 0) is 6.54 Å². The van der Waals surface area contributed by atoms with Gasteiger partial charge in [-0.1, -0.05) is 0 Å². The number of furan rings is 1. The Morgan fingerprint density at radius 1 is 1.20 bits per heavy atom. The Morgan fingerprint density at radius 3 is 2.30 bits per heavy atom. The largest absolute Gasteiger partial charge is 0.455 e. The molecule has 1 aliphatic rings. The molecule has 1 fully saturated rings. The number of carbonyl (C=O) groups is 2. The van der Waals surface area contributed by atoms with Gasteiger partial charge in [-0.3, -0.25) is 4.79 Å². The van der Waals surface area contributed by atoms with E-state index < -0.39 is 0 Å². The smallest absolute Gasteiger partial charge is 0.319 e. The number of urea groups is 1. The molecular formula is C13H20N4O3. The second-order valence-corrected chi connectivity index (χ2v) is 4.93. The number of rotatable bonds is 2. The van der Waals surface area contributed by atoms with E-state index in [-0.39, 0.29) is 18.5 Å². The maximum absolute atomic E-state index is 12.2. The number of carbonyl (C=O) groups excluding carboxylic acids is 2. The van der Waals surface area contributed by atoms with Crippen LogP contribution < -0.4 is 5.73 Å². The molecule has 1 aliphatic heterocycles. The maximum atomic E-state index is 12.2. The van der Waals surface area contributed by atoms with Gasteiger partial charge in [-0.2, -0.15) is 0 Å². The number of amides is 3. The Balaban J connectivity index is 1.93. The average molecular weight is 280 g/mol. The van der Waals surface area contributed by atoms with Gasteiger partial charge in [-0.25, -0.2) is 4.79 Å². The minimum absolute atomic E-state index is 0.0273. The molecule has 7 nitrogen and oxygen atoms in total. The normalized spacial score (nSPS) is 15.3. The molecule has 0 spiro atoms. The summed E-state index contributed by atoms with van der Waals surface area (Å²) in [6, 6.07) is 3.32. The van der Waals surface area contributed by atoms with Crippen LogP contribution in [0.2, 0.25) is 0 Å². The van der Waals surface area contributed by atoms with E-state index in [9.17, 15) is 9.59 Å². The molecule has 7 heteroatoms. The van der Waals surface area contributed by atoms with Gasteiger partial charge in [-0.15, -0.1) is 0 Å². The third kappa shape index (κ3) is 2.93. The lowest BCUT2D eigenvalue weighted by Crippen LogP contribution is -2.52. The summed E-state index contributed by atoms with van der Waals surface area (Å²) in [6.45, 7) is 2.37. The minimum atomic E-state index is -0.151. The lowest BCUT2D eigenvalue weighted by molar-refractivity contribution is 0.0618. The highest BCUT2D eigenvalue weighted by atomic mass is 16.4. The van der Waals surface area contributed by atoms with E-state index in [1.165, 1.54) is 4.90 Å². The number of hydrogen-bond donors (Lipinski definition) is 1. The molecule has 1 saturated heterocycles. The lowest BCUT2D eigenvalue weighted by atomic mass is 10.3. The van der Waals surface area contributed by atoms with Crippen LogP contribution in [0, 0.1) is 0 Å². The monoisotopic (exact) mass is 280 g/mol. The zero-order chi connectivity index (χ0) is 14.7. The average Bonchev–Trinajstić information content (AvgIpc) is 2.94. The highest BCUT2D eigenvalue weighted by molar-refractivity contribution is 5.91. The van der Waals surface area contributed by atoms with Gasteiger partial charge >= 0.3 is 6.03 Å². The topological polar surface area (TPSA) is 83.0 Å². The Hall–Kier alpha value is -2.02. The van der Waals surface area contributed by atoms with Gasteiger partial charge in [0.05, 0.1) is 6.54 Å². The van der Waals surface area contributed by atoms with E-state index in [1.807, 2.05) is 0 Å². The summed E-state index contributed by atoms with van der Waals surface area (Å²) in [7, 11) is 3.44. The first-order valence-electron chi connectivity index (χ1n) is 6.57. The second-order valence-electron chi connectivity index (χ2n) is 4.93. The molecule has 3 amide bonds. The molecule has 0 saturated carbocycles. The zero-order valence-electron chi connectivity index (χ0n) is 11.8. The van der Waals surface area contributed by atoms with Crippen molar-refractivity contribution < 1.29 is 14.0 Å². The van der Waals surface area contributed by atoms with Crippen LogP contribution in [-0.4, -0.2) is 66.9 Å². The molecule has 0 radical (unpaired) electrons. The summed E-state index contributed by atoms with van der Waals surface area (Å²) in [6.07, 6.45) is 0. The predicted octanol–water partition coefficient (Wildman–Crippen LogP) is 0.178. The second kappa shape index (κ2) is 5.96. The molecule has 2 N–H and O–H groups in total. The van der Waals surface area contributed by atoms with Gasteiger partial charge in [0.1, 0.15) is 5.76 Å². The fourth-order valence-electron chi connectivity index (χ4n) is 2.14. The Labute approximate surface area is 117 Å². The molecule has 0 atom stereocenters. The molecule has 0 bridgehead atoms. The standard InChI is InChI=1S/C13H20N4O3/c1-15(2)13(19)17-7-5-16(6-8-17)12(18)11-4-3-10(9-14)20-11/h3-4H,5-9,14H2,1-2H3. The summed E-state index contributed by atoms with van der Waals surface area (Å²) in [5.41, 5.74) is 5.45. The van der Waals surface area contributed by atoms with Crippen molar-refractivity contribution in [3.63, 3.8) is 0 Å². The quantitative estimate of drug-likeness (QED) is 0.837. The van der Waals surface area contributed by atoms with Crippen LogP contribution >= 0.6 is 0 Å². The molecule has 0 aromatic carbocycles. The number of nitrogens with two attached hydrogens (primary N) is 1. The fourth-order valence-corrected chi connectivity index (χ4v) is 2.14. The van der Waals surface area contributed by atoms with E-state index in [0.717, 1.165) is 0 Å². The molecule has 0 aliphatic carbocycles. The summed E-state index contributed by atoms with van der Waals surface area (Å²) in [5, 5.41) is 0. The van der Waals surface area contributed by atoms with Crippen LogP contribution in [0.25, 0.3) is 0 Å². The van der Waals surface area contributed by atoms with Crippen molar-refractivity contribution in [2.75, 3.05) is 40.3 Å². The molecule has 2 rings (SSSR count). The van der Waals surface area contributed by atoms with Crippen molar-refractivity contribution in [3.05, 3.63) is 23.7 Å². The molecule has 20 heavy (non-hydrogen) atoms. The number of nitrogens with zero attached hydrogens (tertiary/aromatic N) is 3. The molecule has 0 unspecified atom stereocenters. The van der Waals surface area contributed by atoms with Crippen LogP contribution in [0.4, 0.5) is 4.79 Å². The lowest BCUT2D eigenvalue weighted by Gasteiger charge is -2.35. The molecule has 110 valence electrons. The van der Waals surface area contributed by atoms with E-state index in [1.54, 1.807) is 36.0 Å². The van der Waals surface area contributed by atoms with E-state index in [0.29, 0.717) is 37.7 Å². The van der Waals surface area contributed by atoms with Gasteiger partial charge in [-0.05, 0) is 12.1 Å². The Morgan fingerprint density at radius 2 is 1.80 bits per heavy atom. The van der Waals surface area contributed by atoms with Crippen LogP contribution in [0.5, 0.6) is 0 Å². The summed E-state index contributed by atoms with van der Waals surface area (Å²) in [4.78, 5) is 29.0. The van der Waals surface area contributed by atoms with Crippen molar-refractivity contribution in [3.8, 4) is 0 Å².